The number of benzene rings is 2. The second-order valence-corrected chi connectivity index (χ2v) is 5.34. The van der Waals surface area contributed by atoms with E-state index < -0.39 is 40.5 Å². The van der Waals surface area contributed by atoms with E-state index in [4.69, 9.17) is 0 Å². The Bertz CT molecular complexity index is 777. The SMILES string of the molecule is CCN(CC)c1ccc(NC(=O)c2c(F)c(F)c(OC)c(F)c2F)cc1. The molecule has 0 fully saturated rings. The summed E-state index contributed by atoms with van der Waals surface area (Å²) in [6.45, 7) is 5.53. The number of rotatable bonds is 6. The number of carbonyl (C=O) groups excluding carboxylic acids is 1. The molecule has 8 heteroatoms. The maximum absolute atomic E-state index is 14.0. The van der Waals surface area contributed by atoms with Crippen LogP contribution in [0.3, 0.4) is 0 Å². The van der Waals surface area contributed by atoms with Crippen LogP contribution in [0.4, 0.5) is 28.9 Å². The fraction of sp³-hybridized carbons (Fsp3) is 0.278. The van der Waals surface area contributed by atoms with Crippen molar-refractivity contribution in [2.24, 2.45) is 0 Å². The van der Waals surface area contributed by atoms with Crippen LogP contribution in [0.1, 0.15) is 24.2 Å². The molecule has 0 atom stereocenters. The molecule has 0 saturated heterocycles. The van der Waals surface area contributed by atoms with Gasteiger partial charge in [-0.15, -0.1) is 0 Å². The summed E-state index contributed by atoms with van der Waals surface area (Å²) in [5.41, 5.74) is -0.234. The molecule has 0 aliphatic carbocycles. The fourth-order valence-electron chi connectivity index (χ4n) is 2.53. The molecule has 0 unspecified atom stereocenters. The number of amides is 1. The third-order valence-electron chi connectivity index (χ3n) is 3.91. The predicted octanol–water partition coefficient (Wildman–Crippen LogP) is 4.35. The molecule has 2 aromatic carbocycles. The Morgan fingerprint density at radius 1 is 0.962 bits per heavy atom. The lowest BCUT2D eigenvalue weighted by molar-refractivity contribution is 0.101. The Hall–Kier alpha value is -2.77. The van der Waals surface area contributed by atoms with Crippen LogP contribution in [-0.2, 0) is 0 Å². The Kier molecular flexibility index (Phi) is 6.07. The van der Waals surface area contributed by atoms with E-state index in [1.54, 1.807) is 12.1 Å². The van der Waals surface area contributed by atoms with Gasteiger partial charge in [0.05, 0.1) is 7.11 Å². The molecule has 2 rings (SSSR count). The topological polar surface area (TPSA) is 41.6 Å². The van der Waals surface area contributed by atoms with Crippen LogP contribution < -0.4 is 15.0 Å². The first-order valence-corrected chi connectivity index (χ1v) is 7.91. The minimum absolute atomic E-state index is 0.223. The molecule has 0 radical (unpaired) electrons. The van der Waals surface area contributed by atoms with Crippen molar-refractivity contribution in [3.05, 3.63) is 53.1 Å². The summed E-state index contributed by atoms with van der Waals surface area (Å²) in [6, 6.07) is 6.48. The van der Waals surface area contributed by atoms with Gasteiger partial charge < -0.3 is 15.0 Å². The normalized spacial score (nSPS) is 10.6. The van der Waals surface area contributed by atoms with Crippen LogP contribution in [0.15, 0.2) is 24.3 Å². The van der Waals surface area contributed by atoms with Crippen molar-refractivity contribution in [2.45, 2.75) is 13.8 Å². The van der Waals surface area contributed by atoms with Crippen LogP contribution in [0.25, 0.3) is 0 Å². The van der Waals surface area contributed by atoms with E-state index >= 15 is 0 Å². The van der Waals surface area contributed by atoms with Gasteiger partial charge in [0.1, 0.15) is 5.56 Å². The van der Waals surface area contributed by atoms with Crippen molar-refractivity contribution in [3.8, 4) is 5.75 Å². The lowest BCUT2D eigenvalue weighted by Gasteiger charge is -2.21. The van der Waals surface area contributed by atoms with Gasteiger partial charge in [0.2, 0.25) is 11.6 Å². The second kappa shape index (κ2) is 8.07. The summed E-state index contributed by atoms with van der Waals surface area (Å²) in [4.78, 5) is 14.2. The fourth-order valence-corrected chi connectivity index (χ4v) is 2.53. The van der Waals surface area contributed by atoms with E-state index in [0.29, 0.717) is 0 Å². The molecule has 26 heavy (non-hydrogen) atoms. The zero-order valence-corrected chi connectivity index (χ0v) is 14.5. The second-order valence-electron chi connectivity index (χ2n) is 5.34. The smallest absolute Gasteiger partial charge is 0.261 e. The van der Waals surface area contributed by atoms with Crippen molar-refractivity contribution >= 4 is 17.3 Å². The van der Waals surface area contributed by atoms with Crippen molar-refractivity contribution in [3.63, 3.8) is 0 Å². The molecule has 0 bridgehead atoms. The summed E-state index contributed by atoms with van der Waals surface area (Å²) in [5.74, 6) is -9.71. The summed E-state index contributed by atoms with van der Waals surface area (Å²) in [7, 11) is 0.859. The molecular weight excluding hydrogens is 352 g/mol. The van der Waals surface area contributed by atoms with Gasteiger partial charge in [-0.05, 0) is 38.1 Å². The van der Waals surface area contributed by atoms with E-state index in [1.165, 1.54) is 12.1 Å². The molecule has 0 saturated carbocycles. The van der Waals surface area contributed by atoms with Crippen molar-refractivity contribution < 1.29 is 27.1 Å². The number of halogens is 4. The van der Waals surface area contributed by atoms with Crippen LogP contribution in [0, 0.1) is 23.3 Å². The van der Waals surface area contributed by atoms with E-state index in [9.17, 15) is 22.4 Å². The van der Waals surface area contributed by atoms with Gasteiger partial charge in [-0.2, -0.15) is 8.78 Å². The van der Waals surface area contributed by atoms with E-state index in [0.717, 1.165) is 25.9 Å². The monoisotopic (exact) mass is 370 g/mol. The molecule has 1 amide bonds. The van der Waals surface area contributed by atoms with Crippen molar-refractivity contribution in [1.82, 2.24) is 0 Å². The zero-order valence-electron chi connectivity index (χ0n) is 14.5. The molecule has 1 N–H and O–H groups in total. The summed E-state index contributed by atoms with van der Waals surface area (Å²) in [5, 5.41) is 2.22. The molecule has 0 heterocycles. The van der Waals surface area contributed by atoms with E-state index in [1.807, 2.05) is 13.8 Å². The average Bonchev–Trinajstić information content (AvgIpc) is 2.63. The predicted molar refractivity (Wildman–Crippen MR) is 90.8 cm³/mol. The van der Waals surface area contributed by atoms with E-state index in [2.05, 4.69) is 15.0 Å². The summed E-state index contributed by atoms with van der Waals surface area (Å²) in [6.07, 6.45) is 0. The van der Waals surface area contributed by atoms with Gasteiger partial charge in [0, 0.05) is 24.5 Å². The van der Waals surface area contributed by atoms with Crippen LogP contribution in [0.5, 0.6) is 5.75 Å². The Balaban J connectivity index is 2.31. The molecule has 0 aliphatic heterocycles. The van der Waals surface area contributed by atoms with Gasteiger partial charge in [-0.1, -0.05) is 0 Å². The average molecular weight is 370 g/mol. The highest BCUT2D eigenvalue weighted by molar-refractivity contribution is 6.04. The van der Waals surface area contributed by atoms with Crippen LogP contribution in [-0.4, -0.2) is 26.1 Å². The number of nitrogens with zero attached hydrogens (tertiary/aromatic N) is 1. The number of ether oxygens (including phenoxy) is 1. The van der Waals surface area contributed by atoms with Gasteiger partial charge in [0.15, 0.2) is 17.4 Å². The maximum Gasteiger partial charge on any atom is 0.261 e. The molecule has 0 aliphatic rings. The quantitative estimate of drug-likeness (QED) is 0.607. The van der Waals surface area contributed by atoms with Crippen LogP contribution in [0.2, 0.25) is 0 Å². The highest BCUT2D eigenvalue weighted by Gasteiger charge is 2.30. The minimum atomic E-state index is -1.82. The lowest BCUT2D eigenvalue weighted by Crippen LogP contribution is -2.22. The Labute approximate surface area is 148 Å². The van der Waals surface area contributed by atoms with E-state index in [-0.39, 0.29) is 5.69 Å². The van der Waals surface area contributed by atoms with Crippen LogP contribution >= 0.6 is 0 Å². The number of carbonyl (C=O) groups is 1. The van der Waals surface area contributed by atoms with Gasteiger partial charge >= 0.3 is 0 Å². The highest BCUT2D eigenvalue weighted by Crippen LogP contribution is 2.30. The lowest BCUT2D eigenvalue weighted by atomic mass is 10.1. The summed E-state index contributed by atoms with van der Waals surface area (Å²) < 4.78 is 59.7. The standard InChI is InChI=1S/C18H18F4N2O2/c1-4-24(5-2)11-8-6-10(7-9-11)23-18(25)12-13(19)15(21)17(26-3)16(22)14(12)20/h6-9H,4-5H2,1-3H3,(H,23,25). The molecule has 0 aromatic heterocycles. The number of hydrogen-bond acceptors (Lipinski definition) is 3. The van der Waals surface area contributed by atoms with Crippen molar-refractivity contribution in [1.29, 1.82) is 0 Å². The first-order chi connectivity index (χ1) is 12.3. The third kappa shape index (κ3) is 3.58. The number of hydrogen-bond donors (Lipinski definition) is 1. The molecule has 140 valence electrons. The van der Waals surface area contributed by atoms with Gasteiger partial charge in [-0.3, -0.25) is 4.79 Å². The molecule has 4 nitrogen and oxygen atoms in total. The zero-order chi connectivity index (χ0) is 19.4. The first kappa shape index (κ1) is 19.6. The Morgan fingerprint density at radius 3 is 1.88 bits per heavy atom. The molecular formula is C18H18F4N2O2. The largest absolute Gasteiger partial charge is 0.491 e. The number of nitrogens with one attached hydrogen (secondary N) is 1. The summed E-state index contributed by atoms with van der Waals surface area (Å²) >= 11 is 0. The number of methoxy groups -OCH3 is 1. The third-order valence-corrected chi connectivity index (χ3v) is 3.91. The number of anilines is 2. The molecule has 2 aromatic rings. The highest BCUT2D eigenvalue weighted by atomic mass is 19.2. The van der Waals surface area contributed by atoms with Gasteiger partial charge in [-0.25, -0.2) is 8.78 Å². The first-order valence-electron chi connectivity index (χ1n) is 7.91. The van der Waals surface area contributed by atoms with Crippen molar-refractivity contribution in [2.75, 3.05) is 30.4 Å². The molecule has 0 spiro atoms. The van der Waals surface area contributed by atoms with Gasteiger partial charge in [0.25, 0.3) is 5.91 Å². The minimum Gasteiger partial charge on any atom is -0.491 e. The Morgan fingerprint density at radius 2 is 1.46 bits per heavy atom. The maximum atomic E-state index is 14.0.